The Morgan fingerprint density at radius 2 is 1.82 bits per heavy atom. The van der Waals surface area contributed by atoms with Crippen LogP contribution in [0.2, 0.25) is 0 Å². The standard InChI is InChI=1S/C23H24F3N7O5/c1-31-16-4-2-13(19(25)20(16)29-18(34)10-14(24)11-27-31)12-32-6-8-33(9-7-32)17-5-3-15(28-21(17)26)22(35)30-23(36,37)38/h2-5,10-11,36-38H,6-9,12H2,1H3,(H,29,34)(H,30,35). The van der Waals surface area contributed by atoms with Crippen LogP contribution in [0.3, 0.4) is 0 Å². The minimum Gasteiger partial charge on any atom is -0.365 e. The van der Waals surface area contributed by atoms with Gasteiger partial charge in [-0.2, -0.15) is 9.49 Å². The van der Waals surface area contributed by atoms with Crippen LogP contribution in [-0.4, -0.2) is 78.2 Å². The number of aliphatic hydroxyl groups is 3. The van der Waals surface area contributed by atoms with Gasteiger partial charge in [0.25, 0.3) is 11.5 Å². The number of H-pyrrole nitrogens is 1. The molecule has 0 saturated carbocycles. The van der Waals surface area contributed by atoms with Crippen molar-refractivity contribution >= 4 is 22.6 Å². The molecule has 3 heterocycles. The maximum absolute atomic E-state index is 15.4. The molecule has 5 N–H and O–H groups in total. The number of anilines is 1. The fourth-order valence-corrected chi connectivity index (χ4v) is 4.04. The molecule has 1 aliphatic heterocycles. The molecule has 15 heteroatoms. The number of rotatable bonds is 5. The van der Waals surface area contributed by atoms with Gasteiger partial charge >= 0.3 is 6.10 Å². The molecule has 1 fully saturated rings. The first-order chi connectivity index (χ1) is 17.9. The lowest BCUT2D eigenvalue weighted by Gasteiger charge is -2.36. The number of halogens is 3. The smallest absolute Gasteiger partial charge is 0.365 e. The molecule has 0 aliphatic carbocycles. The zero-order valence-corrected chi connectivity index (χ0v) is 20.0. The second-order valence-corrected chi connectivity index (χ2v) is 8.58. The van der Waals surface area contributed by atoms with Crippen molar-refractivity contribution in [3.8, 4) is 0 Å². The van der Waals surface area contributed by atoms with Crippen LogP contribution in [0.4, 0.5) is 18.9 Å². The van der Waals surface area contributed by atoms with Crippen molar-refractivity contribution in [1.82, 2.24) is 30.0 Å². The van der Waals surface area contributed by atoms with E-state index in [1.807, 2.05) is 4.90 Å². The number of aryl methyl sites for hydroxylation is 1. The van der Waals surface area contributed by atoms with Crippen molar-refractivity contribution in [2.75, 3.05) is 31.1 Å². The molecule has 1 aromatic carbocycles. The number of nitrogens with one attached hydrogen (secondary N) is 2. The molecule has 202 valence electrons. The van der Waals surface area contributed by atoms with Crippen molar-refractivity contribution in [1.29, 1.82) is 0 Å². The Kier molecular flexibility index (Phi) is 7.63. The summed E-state index contributed by atoms with van der Waals surface area (Å²) in [5.41, 5.74) is -0.800. The number of aromatic amines is 1. The molecule has 0 radical (unpaired) electrons. The van der Waals surface area contributed by atoms with E-state index in [9.17, 15) is 18.4 Å². The molecule has 4 rings (SSSR count). The summed E-state index contributed by atoms with van der Waals surface area (Å²) >= 11 is 0. The van der Waals surface area contributed by atoms with Crippen molar-refractivity contribution in [2.24, 2.45) is 7.05 Å². The van der Waals surface area contributed by atoms with E-state index in [2.05, 4.69) is 15.1 Å². The van der Waals surface area contributed by atoms with Gasteiger partial charge in [-0.1, -0.05) is 6.07 Å². The zero-order valence-electron chi connectivity index (χ0n) is 20.0. The molecule has 1 amide bonds. The van der Waals surface area contributed by atoms with E-state index in [0.29, 0.717) is 32.2 Å². The quantitative estimate of drug-likeness (QED) is 0.221. The summed E-state index contributed by atoms with van der Waals surface area (Å²) < 4.78 is 44.9. The van der Waals surface area contributed by atoms with Gasteiger partial charge < -0.3 is 25.2 Å². The van der Waals surface area contributed by atoms with Gasteiger partial charge in [-0.05, 0) is 18.2 Å². The number of fused-ring (bicyclic) bond motifs is 1. The third-order valence-electron chi connectivity index (χ3n) is 5.87. The van der Waals surface area contributed by atoms with Crippen LogP contribution in [0, 0.1) is 17.6 Å². The highest BCUT2D eigenvalue weighted by Gasteiger charge is 2.25. The van der Waals surface area contributed by atoms with E-state index in [-0.39, 0.29) is 28.8 Å². The Hall–Kier alpha value is -4.05. The number of hydrogen-bond donors (Lipinski definition) is 5. The average Bonchev–Trinajstić information content (AvgIpc) is 2.89. The first-order valence-electron chi connectivity index (χ1n) is 11.3. The Bertz CT molecular complexity index is 1480. The van der Waals surface area contributed by atoms with Crippen LogP contribution in [0.5, 0.6) is 0 Å². The van der Waals surface area contributed by atoms with Gasteiger partial charge in [0.15, 0.2) is 5.82 Å². The number of aromatic nitrogens is 4. The van der Waals surface area contributed by atoms with Gasteiger partial charge in [0.1, 0.15) is 17.0 Å². The Morgan fingerprint density at radius 1 is 1.11 bits per heavy atom. The van der Waals surface area contributed by atoms with E-state index in [1.54, 1.807) is 17.0 Å². The number of piperazine rings is 1. The Labute approximate surface area is 212 Å². The van der Waals surface area contributed by atoms with E-state index < -0.39 is 40.8 Å². The van der Waals surface area contributed by atoms with Crippen LogP contribution in [0.1, 0.15) is 16.1 Å². The van der Waals surface area contributed by atoms with Crippen LogP contribution in [0.25, 0.3) is 11.0 Å². The molecular weight excluding hydrogens is 511 g/mol. The van der Waals surface area contributed by atoms with Crippen LogP contribution in [0.15, 0.2) is 41.3 Å². The van der Waals surface area contributed by atoms with Gasteiger partial charge in [-0.3, -0.25) is 24.5 Å². The Balaban J connectivity index is 1.49. The highest BCUT2D eigenvalue weighted by Crippen LogP contribution is 2.23. The maximum Gasteiger partial charge on any atom is 0.369 e. The molecule has 38 heavy (non-hydrogen) atoms. The lowest BCUT2D eigenvalue weighted by atomic mass is 10.1. The summed E-state index contributed by atoms with van der Waals surface area (Å²) in [6.45, 7) is 1.73. The summed E-state index contributed by atoms with van der Waals surface area (Å²) in [7, 11) is 1.49. The molecule has 1 aliphatic rings. The number of benzene rings is 1. The minimum absolute atomic E-state index is 0.111. The summed E-state index contributed by atoms with van der Waals surface area (Å²) in [5, 5.41) is 31.8. The minimum atomic E-state index is -3.47. The molecule has 0 spiro atoms. The van der Waals surface area contributed by atoms with Gasteiger partial charge in [-0.25, -0.2) is 13.8 Å². The fourth-order valence-electron chi connectivity index (χ4n) is 4.04. The van der Waals surface area contributed by atoms with Crippen LogP contribution < -0.4 is 15.8 Å². The summed E-state index contributed by atoms with van der Waals surface area (Å²) in [6.07, 6.45) is -2.62. The SMILES string of the molecule is Cn1ncc(F)cc(=O)[nH]c2c(F)c(CN3CCN(c4ccc(C(=O)NC(O)(O)O)nc4F)CC3)ccc21. The van der Waals surface area contributed by atoms with Crippen molar-refractivity contribution in [3.63, 3.8) is 0 Å². The Morgan fingerprint density at radius 3 is 2.47 bits per heavy atom. The van der Waals surface area contributed by atoms with Crippen LogP contribution in [-0.2, 0) is 13.6 Å². The molecule has 2 aromatic heterocycles. The average molecular weight is 535 g/mol. The molecule has 3 aromatic rings. The van der Waals surface area contributed by atoms with Crippen molar-refractivity contribution < 1.29 is 33.3 Å². The first-order valence-corrected chi connectivity index (χ1v) is 11.3. The van der Waals surface area contributed by atoms with E-state index in [4.69, 9.17) is 15.3 Å². The number of nitrogens with zero attached hydrogens (tertiary/aromatic N) is 5. The first kappa shape index (κ1) is 27.0. The molecular formula is C23H24F3N7O5. The molecule has 1 saturated heterocycles. The lowest BCUT2D eigenvalue weighted by Crippen LogP contribution is -2.48. The third kappa shape index (κ3) is 6.25. The molecule has 0 unspecified atom stereocenters. The normalized spacial score (nSPS) is 14.4. The van der Waals surface area contributed by atoms with Crippen molar-refractivity contribution in [3.05, 3.63) is 75.7 Å². The van der Waals surface area contributed by atoms with E-state index >= 15 is 4.39 Å². The fraction of sp³-hybridized carbons (Fsp3) is 0.304. The number of pyridine rings is 1. The number of carbonyl (C=O) groups is 1. The van der Waals surface area contributed by atoms with Gasteiger partial charge in [-0.15, -0.1) is 0 Å². The number of amides is 1. The summed E-state index contributed by atoms with van der Waals surface area (Å²) in [4.78, 5) is 33.4. The second kappa shape index (κ2) is 10.7. The van der Waals surface area contributed by atoms with E-state index in [0.717, 1.165) is 12.3 Å². The van der Waals surface area contributed by atoms with Crippen LogP contribution >= 0.6 is 0 Å². The largest absolute Gasteiger partial charge is 0.369 e. The van der Waals surface area contributed by atoms with Crippen molar-refractivity contribution in [2.45, 2.75) is 12.6 Å². The lowest BCUT2D eigenvalue weighted by molar-refractivity contribution is -0.323. The predicted octanol–water partition coefficient (Wildman–Crippen LogP) is -0.161. The third-order valence-corrected chi connectivity index (χ3v) is 5.87. The van der Waals surface area contributed by atoms with Gasteiger partial charge in [0.2, 0.25) is 5.95 Å². The van der Waals surface area contributed by atoms with Gasteiger partial charge in [0.05, 0.1) is 17.4 Å². The maximum atomic E-state index is 15.4. The second-order valence-electron chi connectivity index (χ2n) is 8.58. The highest BCUT2D eigenvalue weighted by atomic mass is 19.1. The topological polar surface area (TPSA) is 160 Å². The monoisotopic (exact) mass is 535 g/mol. The number of hydrogen-bond acceptors (Lipinski definition) is 9. The number of carbonyl (C=O) groups excluding carboxylic acids is 1. The summed E-state index contributed by atoms with van der Waals surface area (Å²) in [6, 6.07) is 6.25. The molecule has 0 atom stereocenters. The molecule has 12 nitrogen and oxygen atoms in total. The molecule has 0 bridgehead atoms. The zero-order chi connectivity index (χ0) is 27.6. The highest BCUT2D eigenvalue weighted by molar-refractivity contribution is 5.92. The predicted molar refractivity (Wildman–Crippen MR) is 127 cm³/mol. The van der Waals surface area contributed by atoms with Gasteiger partial charge in [0, 0.05) is 51.4 Å². The summed E-state index contributed by atoms with van der Waals surface area (Å²) in [5.74, 6) is -3.73. The van der Waals surface area contributed by atoms with E-state index in [1.165, 1.54) is 23.1 Å².